The van der Waals surface area contributed by atoms with Crippen molar-refractivity contribution in [2.24, 2.45) is 0 Å². The first kappa shape index (κ1) is 21.6. The minimum Gasteiger partial charge on any atom is -0.490 e. The molecule has 0 aliphatic heterocycles. The fraction of sp³-hybridized carbons (Fsp3) is 0.208. The van der Waals surface area contributed by atoms with Crippen molar-refractivity contribution in [2.45, 2.75) is 37.5 Å². The van der Waals surface area contributed by atoms with Crippen LogP contribution in [0, 0.1) is 27.7 Å². The Morgan fingerprint density at radius 3 is 2.40 bits per heavy atom. The summed E-state index contributed by atoms with van der Waals surface area (Å²) in [5.74, 6) is 0.776. The van der Waals surface area contributed by atoms with Crippen LogP contribution in [0.4, 0.5) is 11.5 Å². The molecule has 0 radical (unpaired) electrons. The van der Waals surface area contributed by atoms with E-state index in [0.29, 0.717) is 18.2 Å². The summed E-state index contributed by atoms with van der Waals surface area (Å²) in [6.07, 6.45) is 1.61. The van der Waals surface area contributed by atoms with Crippen LogP contribution in [0.25, 0.3) is 0 Å². The van der Waals surface area contributed by atoms with Gasteiger partial charge in [0, 0.05) is 11.4 Å². The molecule has 3 aromatic rings. The second-order valence-electron chi connectivity index (χ2n) is 7.28. The Balaban J connectivity index is 2.08. The van der Waals surface area contributed by atoms with E-state index in [2.05, 4.69) is 29.0 Å². The van der Waals surface area contributed by atoms with E-state index in [4.69, 9.17) is 4.74 Å². The van der Waals surface area contributed by atoms with Crippen molar-refractivity contribution in [3.05, 3.63) is 83.6 Å². The van der Waals surface area contributed by atoms with E-state index in [1.807, 2.05) is 27.7 Å². The lowest BCUT2D eigenvalue weighted by atomic mass is 10.1. The van der Waals surface area contributed by atoms with Gasteiger partial charge in [0.25, 0.3) is 0 Å². The van der Waals surface area contributed by atoms with Crippen LogP contribution in [0.2, 0.25) is 0 Å². The molecule has 0 aliphatic carbocycles. The average Bonchev–Trinajstić information content (AvgIpc) is 2.69. The highest BCUT2D eigenvalue weighted by Gasteiger charge is 2.24. The fourth-order valence-electron chi connectivity index (χ4n) is 3.36. The quantitative estimate of drug-likeness (QED) is 0.512. The number of sulfone groups is 1. The molecule has 2 aromatic carbocycles. The Morgan fingerprint density at radius 1 is 1.03 bits per heavy atom. The van der Waals surface area contributed by atoms with Crippen molar-refractivity contribution in [1.82, 2.24) is 4.98 Å². The molecule has 30 heavy (non-hydrogen) atoms. The van der Waals surface area contributed by atoms with E-state index in [9.17, 15) is 8.42 Å². The second-order valence-corrected chi connectivity index (χ2v) is 9.19. The summed E-state index contributed by atoms with van der Waals surface area (Å²) >= 11 is 0. The fourth-order valence-corrected chi connectivity index (χ4v) is 4.74. The molecule has 1 heterocycles. The van der Waals surface area contributed by atoms with Crippen molar-refractivity contribution >= 4 is 21.3 Å². The molecule has 0 saturated heterocycles. The number of anilines is 2. The lowest BCUT2D eigenvalue weighted by Gasteiger charge is -2.17. The van der Waals surface area contributed by atoms with Gasteiger partial charge in [-0.1, -0.05) is 36.4 Å². The van der Waals surface area contributed by atoms with Crippen LogP contribution in [0.5, 0.6) is 5.75 Å². The van der Waals surface area contributed by atoms with Gasteiger partial charge in [0.2, 0.25) is 9.84 Å². The standard InChI is InChI=1S/C24H26N2O3S/c1-6-12-29-20-8-7-9-21(15-20)30(27,28)22-11-10-19(5)25-24(22)26-23-17(3)13-16(2)14-18(23)4/h6-11,13-15H,1,12H2,2-5H3,(H,25,26). The summed E-state index contributed by atoms with van der Waals surface area (Å²) in [5.41, 5.74) is 4.79. The molecule has 0 atom stereocenters. The number of nitrogens with zero attached hydrogens (tertiary/aromatic N) is 1. The zero-order valence-corrected chi connectivity index (χ0v) is 18.5. The first-order valence-corrected chi connectivity index (χ1v) is 11.1. The van der Waals surface area contributed by atoms with Gasteiger partial charge < -0.3 is 10.1 Å². The lowest BCUT2D eigenvalue weighted by Crippen LogP contribution is -2.09. The third kappa shape index (κ3) is 4.54. The van der Waals surface area contributed by atoms with Crippen molar-refractivity contribution in [2.75, 3.05) is 11.9 Å². The summed E-state index contributed by atoms with van der Waals surface area (Å²) in [6.45, 7) is 11.8. The minimum atomic E-state index is -3.82. The monoisotopic (exact) mass is 422 g/mol. The van der Waals surface area contributed by atoms with Crippen LogP contribution in [0.15, 0.2) is 71.0 Å². The first-order valence-electron chi connectivity index (χ1n) is 9.63. The topological polar surface area (TPSA) is 68.3 Å². The molecular weight excluding hydrogens is 396 g/mol. The third-order valence-electron chi connectivity index (χ3n) is 4.69. The molecule has 0 aliphatic rings. The molecule has 0 fully saturated rings. The summed E-state index contributed by atoms with van der Waals surface area (Å²) in [4.78, 5) is 4.77. The highest BCUT2D eigenvalue weighted by molar-refractivity contribution is 7.91. The summed E-state index contributed by atoms with van der Waals surface area (Å²) in [6, 6.07) is 13.9. The summed E-state index contributed by atoms with van der Waals surface area (Å²) in [5, 5.41) is 3.27. The largest absolute Gasteiger partial charge is 0.490 e. The molecule has 0 amide bonds. The normalized spacial score (nSPS) is 11.2. The molecule has 0 spiro atoms. The Labute approximate surface area is 178 Å². The Bertz CT molecular complexity index is 1180. The molecular formula is C24H26N2O3S. The predicted octanol–water partition coefficient (Wildman–Crippen LogP) is 5.46. The zero-order chi connectivity index (χ0) is 21.9. The number of hydrogen-bond acceptors (Lipinski definition) is 5. The smallest absolute Gasteiger partial charge is 0.210 e. The van der Waals surface area contributed by atoms with E-state index in [0.717, 1.165) is 28.1 Å². The van der Waals surface area contributed by atoms with Gasteiger partial charge >= 0.3 is 0 Å². The van der Waals surface area contributed by atoms with E-state index in [-0.39, 0.29) is 9.79 Å². The summed E-state index contributed by atoms with van der Waals surface area (Å²) < 4.78 is 32.4. The van der Waals surface area contributed by atoms with Gasteiger partial charge in [0.15, 0.2) is 0 Å². The molecule has 1 aromatic heterocycles. The van der Waals surface area contributed by atoms with Crippen molar-refractivity contribution < 1.29 is 13.2 Å². The van der Waals surface area contributed by atoms with Gasteiger partial charge in [-0.3, -0.25) is 0 Å². The molecule has 0 unspecified atom stereocenters. The molecule has 156 valence electrons. The SMILES string of the molecule is C=CCOc1cccc(S(=O)(=O)c2ccc(C)nc2Nc2c(C)cc(C)cc2C)c1. The van der Waals surface area contributed by atoms with Gasteiger partial charge in [0.05, 0.1) is 4.90 Å². The number of benzene rings is 2. The molecule has 1 N–H and O–H groups in total. The van der Waals surface area contributed by atoms with Crippen LogP contribution < -0.4 is 10.1 Å². The average molecular weight is 423 g/mol. The van der Waals surface area contributed by atoms with Crippen LogP contribution in [0.3, 0.4) is 0 Å². The number of pyridine rings is 1. The van der Waals surface area contributed by atoms with Crippen LogP contribution in [-0.4, -0.2) is 20.0 Å². The highest BCUT2D eigenvalue weighted by atomic mass is 32.2. The Kier molecular flexibility index (Phi) is 6.27. The van der Waals surface area contributed by atoms with E-state index in [1.165, 1.54) is 6.07 Å². The Morgan fingerprint density at radius 2 is 1.73 bits per heavy atom. The van der Waals surface area contributed by atoms with E-state index >= 15 is 0 Å². The number of nitrogens with one attached hydrogen (secondary N) is 1. The second kappa shape index (κ2) is 8.71. The van der Waals surface area contributed by atoms with Gasteiger partial charge in [-0.2, -0.15) is 0 Å². The van der Waals surface area contributed by atoms with E-state index < -0.39 is 9.84 Å². The third-order valence-corrected chi connectivity index (χ3v) is 6.47. The molecule has 0 bridgehead atoms. The lowest BCUT2D eigenvalue weighted by molar-refractivity contribution is 0.362. The molecule has 6 heteroatoms. The number of hydrogen-bond donors (Lipinski definition) is 1. The predicted molar refractivity (Wildman–Crippen MR) is 120 cm³/mol. The van der Waals surface area contributed by atoms with Crippen LogP contribution in [-0.2, 0) is 9.84 Å². The number of aryl methyl sites for hydroxylation is 4. The van der Waals surface area contributed by atoms with E-state index in [1.54, 1.807) is 36.4 Å². The van der Waals surface area contributed by atoms with Gasteiger partial charge in [-0.15, -0.1) is 0 Å². The Hall–Kier alpha value is -3.12. The number of ether oxygens (including phenoxy) is 1. The van der Waals surface area contributed by atoms with Crippen molar-refractivity contribution in [3.63, 3.8) is 0 Å². The van der Waals surface area contributed by atoms with Gasteiger partial charge in [0.1, 0.15) is 23.1 Å². The van der Waals surface area contributed by atoms with Gasteiger partial charge in [-0.25, -0.2) is 13.4 Å². The number of aromatic nitrogens is 1. The molecule has 5 nitrogen and oxygen atoms in total. The van der Waals surface area contributed by atoms with Gasteiger partial charge in [-0.05, 0) is 69.2 Å². The first-order chi connectivity index (χ1) is 14.2. The van der Waals surface area contributed by atoms with Crippen LogP contribution in [0.1, 0.15) is 22.4 Å². The zero-order valence-electron chi connectivity index (χ0n) is 17.7. The number of rotatable bonds is 7. The maximum atomic E-state index is 13.5. The van der Waals surface area contributed by atoms with Crippen molar-refractivity contribution in [1.29, 1.82) is 0 Å². The van der Waals surface area contributed by atoms with Crippen LogP contribution >= 0.6 is 0 Å². The highest BCUT2D eigenvalue weighted by Crippen LogP contribution is 2.32. The van der Waals surface area contributed by atoms with Crippen molar-refractivity contribution in [3.8, 4) is 5.75 Å². The molecule has 0 saturated carbocycles. The molecule has 3 rings (SSSR count). The summed E-state index contributed by atoms with van der Waals surface area (Å²) in [7, 11) is -3.82. The minimum absolute atomic E-state index is 0.119. The maximum absolute atomic E-state index is 13.5. The maximum Gasteiger partial charge on any atom is 0.210 e.